The lowest BCUT2D eigenvalue weighted by molar-refractivity contribution is -0.274. The van der Waals surface area contributed by atoms with Gasteiger partial charge in [0.05, 0.1) is 0 Å². The normalized spacial score (nSPS) is 12.7. The first-order valence-corrected chi connectivity index (χ1v) is 8.64. The van der Waals surface area contributed by atoms with Crippen molar-refractivity contribution >= 4 is 11.7 Å². The number of halogens is 3. The Hall–Kier alpha value is -2.84. The highest BCUT2D eigenvalue weighted by atomic mass is 19.4. The molecule has 0 radical (unpaired) electrons. The number of carbonyl (C=O) groups is 1. The molecule has 0 saturated heterocycles. The minimum atomic E-state index is -4.76. The zero-order valence-electron chi connectivity index (χ0n) is 16.0. The Bertz CT molecular complexity index is 874. The van der Waals surface area contributed by atoms with E-state index in [4.69, 9.17) is 0 Å². The number of hydrogen-bond donors (Lipinski definition) is 1. The number of rotatable bonds is 7. The van der Waals surface area contributed by atoms with Gasteiger partial charge in [-0.3, -0.25) is 14.6 Å². The van der Waals surface area contributed by atoms with Crippen LogP contribution in [0.1, 0.15) is 42.2 Å². The average Bonchev–Trinajstić information content (AvgIpc) is 2.58. The van der Waals surface area contributed by atoms with Gasteiger partial charge in [0, 0.05) is 26.6 Å². The van der Waals surface area contributed by atoms with Gasteiger partial charge >= 0.3 is 6.36 Å². The van der Waals surface area contributed by atoms with Crippen molar-refractivity contribution in [1.29, 1.82) is 0 Å². The summed E-state index contributed by atoms with van der Waals surface area (Å²) in [6.45, 7) is 3.82. The highest BCUT2D eigenvalue weighted by Crippen LogP contribution is 2.31. The first-order chi connectivity index (χ1) is 13.0. The summed E-state index contributed by atoms with van der Waals surface area (Å²) in [5, 5.41) is 0. The summed E-state index contributed by atoms with van der Waals surface area (Å²) in [6.07, 6.45) is -4.69. The van der Waals surface area contributed by atoms with Gasteiger partial charge < -0.3 is 9.64 Å². The summed E-state index contributed by atoms with van der Waals surface area (Å²) in [5.41, 5.74) is 0.322. The fourth-order valence-electron chi connectivity index (χ4n) is 2.76. The number of Topliss-reactive ketones (excluding diaryl/α,β-unsaturated/α-hetero) is 1. The maximum absolute atomic E-state index is 12.7. The molecule has 6 nitrogen and oxygen atoms in total. The number of nitrogens with zero attached hydrogens (tertiary/aromatic N) is 2. The molecule has 1 atom stereocenters. The van der Waals surface area contributed by atoms with E-state index in [1.165, 1.54) is 24.3 Å². The topological polar surface area (TPSA) is 75.3 Å². The Kier molecular flexibility index (Phi) is 6.48. The monoisotopic (exact) mass is 397 g/mol. The Labute approximate surface area is 160 Å². The molecule has 1 aromatic carbocycles. The molecule has 28 heavy (non-hydrogen) atoms. The van der Waals surface area contributed by atoms with Gasteiger partial charge in [0.1, 0.15) is 11.4 Å². The number of anilines is 1. The smallest absolute Gasteiger partial charge is 0.406 e. The molecule has 0 aliphatic rings. The highest BCUT2D eigenvalue weighted by molar-refractivity contribution is 5.95. The second-order valence-electron chi connectivity index (χ2n) is 6.94. The molecule has 0 aliphatic carbocycles. The number of H-pyrrole nitrogens is 1. The van der Waals surface area contributed by atoms with Gasteiger partial charge in [0.15, 0.2) is 5.78 Å². The molecule has 0 unspecified atom stereocenters. The first-order valence-electron chi connectivity index (χ1n) is 8.64. The number of carbonyl (C=O) groups excluding carboxylic acids is 1. The molecule has 2 aromatic rings. The fourth-order valence-corrected chi connectivity index (χ4v) is 2.76. The third kappa shape index (κ3) is 5.83. The van der Waals surface area contributed by atoms with Crippen LogP contribution in [0.3, 0.4) is 0 Å². The van der Waals surface area contributed by atoms with Gasteiger partial charge in [-0.15, -0.1) is 13.2 Å². The molecule has 0 spiro atoms. The molecule has 0 amide bonds. The third-order valence-electron chi connectivity index (χ3n) is 4.19. The molecular weight excluding hydrogens is 375 g/mol. The zero-order valence-corrected chi connectivity index (χ0v) is 16.0. The lowest BCUT2D eigenvalue weighted by Gasteiger charge is -2.21. The van der Waals surface area contributed by atoms with E-state index < -0.39 is 11.9 Å². The predicted octanol–water partition coefficient (Wildman–Crippen LogP) is 3.75. The van der Waals surface area contributed by atoms with E-state index in [9.17, 15) is 22.8 Å². The molecule has 0 bridgehead atoms. The van der Waals surface area contributed by atoms with Crippen molar-refractivity contribution in [3.63, 3.8) is 0 Å². The van der Waals surface area contributed by atoms with Crippen molar-refractivity contribution in [2.75, 3.05) is 19.0 Å². The summed E-state index contributed by atoms with van der Waals surface area (Å²) in [7, 11) is 3.38. The van der Waals surface area contributed by atoms with Crippen molar-refractivity contribution in [2.45, 2.75) is 32.5 Å². The number of alkyl halides is 3. The highest BCUT2D eigenvalue weighted by Gasteiger charge is 2.31. The molecule has 0 saturated carbocycles. The summed E-state index contributed by atoms with van der Waals surface area (Å²) >= 11 is 0. The summed E-state index contributed by atoms with van der Waals surface area (Å²) in [5.74, 6) is -0.587. The number of ether oxygens (including phenoxy) is 1. The van der Waals surface area contributed by atoms with Crippen LogP contribution in [-0.4, -0.2) is 36.2 Å². The van der Waals surface area contributed by atoms with E-state index >= 15 is 0 Å². The first kappa shape index (κ1) is 21.5. The minimum Gasteiger partial charge on any atom is -0.406 e. The van der Waals surface area contributed by atoms with Crippen LogP contribution < -0.4 is 15.2 Å². The van der Waals surface area contributed by atoms with Crippen LogP contribution >= 0.6 is 0 Å². The van der Waals surface area contributed by atoms with Crippen LogP contribution in [0, 0.1) is 5.92 Å². The SMILES string of the molecule is CC(C)[C@@H](CC(=O)c1cc(=O)[nH]c(N(C)C)n1)c1ccc(OC(F)(F)F)cc1. The predicted molar refractivity (Wildman–Crippen MR) is 98.8 cm³/mol. The van der Waals surface area contributed by atoms with E-state index in [0.717, 1.165) is 6.07 Å². The van der Waals surface area contributed by atoms with E-state index in [1.54, 1.807) is 19.0 Å². The number of ketones is 1. The van der Waals surface area contributed by atoms with Crippen molar-refractivity contribution in [3.8, 4) is 5.75 Å². The molecule has 1 N–H and O–H groups in total. The third-order valence-corrected chi connectivity index (χ3v) is 4.19. The molecule has 0 fully saturated rings. The van der Waals surface area contributed by atoms with Gasteiger partial charge in [-0.2, -0.15) is 0 Å². The Morgan fingerprint density at radius 1 is 1.21 bits per heavy atom. The van der Waals surface area contributed by atoms with Crippen LogP contribution in [0.5, 0.6) is 5.75 Å². The zero-order chi connectivity index (χ0) is 21.1. The van der Waals surface area contributed by atoms with Crippen LogP contribution in [0.25, 0.3) is 0 Å². The van der Waals surface area contributed by atoms with Gasteiger partial charge in [0.25, 0.3) is 5.56 Å². The quantitative estimate of drug-likeness (QED) is 0.721. The second-order valence-corrected chi connectivity index (χ2v) is 6.94. The van der Waals surface area contributed by atoms with Crippen molar-refractivity contribution < 1.29 is 22.7 Å². The van der Waals surface area contributed by atoms with E-state index in [2.05, 4.69) is 14.7 Å². The molecule has 1 heterocycles. The second kappa shape index (κ2) is 8.45. The number of nitrogens with one attached hydrogen (secondary N) is 1. The number of hydrogen-bond acceptors (Lipinski definition) is 5. The lowest BCUT2D eigenvalue weighted by atomic mass is 9.84. The fraction of sp³-hybridized carbons (Fsp3) is 0.421. The molecule has 1 aromatic heterocycles. The largest absolute Gasteiger partial charge is 0.573 e. The standard InChI is InChI=1S/C19H22F3N3O3/c1-11(2)14(12-5-7-13(8-6-12)28-19(20,21)22)9-16(26)15-10-17(27)24-18(23-15)25(3)4/h5-8,10-11,14H,9H2,1-4H3,(H,23,24,27)/t14-/m1/s1. The van der Waals surface area contributed by atoms with Crippen LogP contribution in [-0.2, 0) is 0 Å². The number of benzene rings is 1. The van der Waals surface area contributed by atoms with Gasteiger partial charge in [-0.05, 0) is 29.5 Å². The molecule has 0 aliphatic heterocycles. The maximum Gasteiger partial charge on any atom is 0.573 e. The molecular formula is C19H22F3N3O3. The van der Waals surface area contributed by atoms with Gasteiger partial charge in [-0.25, -0.2) is 4.98 Å². The summed E-state index contributed by atoms with van der Waals surface area (Å²) in [4.78, 5) is 32.8. The Balaban J connectivity index is 2.23. The average molecular weight is 397 g/mol. The van der Waals surface area contributed by atoms with Crippen LogP contribution in [0.15, 0.2) is 35.1 Å². The van der Waals surface area contributed by atoms with Gasteiger partial charge in [0.2, 0.25) is 5.95 Å². The molecule has 152 valence electrons. The van der Waals surface area contributed by atoms with E-state index in [-0.39, 0.29) is 41.4 Å². The molecule has 2 rings (SSSR count). The van der Waals surface area contributed by atoms with Crippen molar-refractivity contribution in [1.82, 2.24) is 9.97 Å². The van der Waals surface area contributed by atoms with Gasteiger partial charge in [-0.1, -0.05) is 26.0 Å². The van der Waals surface area contributed by atoms with Crippen molar-refractivity contribution in [3.05, 3.63) is 51.9 Å². The summed E-state index contributed by atoms with van der Waals surface area (Å²) in [6, 6.07) is 6.61. The van der Waals surface area contributed by atoms with E-state index in [1.807, 2.05) is 13.8 Å². The minimum absolute atomic E-state index is 0.0358. The molecule has 9 heteroatoms. The number of aromatic amines is 1. The Morgan fingerprint density at radius 3 is 2.32 bits per heavy atom. The number of aromatic nitrogens is 2. The lowest BCUT2D eigenvalue weighted by Crippen LogP contribution is -2.22. The summed E-state index contributed by atoms with van der Waals surface area (Å²) < 4.78 is 40.8. The van der Waals surface area contributed by atoms with Crippen LogP contribution in [0.2, 0.25) is 0 Å². The van der Waals surface area contributed by atoms with E-state index in [0.29, 0.717) is 5.56 Å². The van der Waals surface area contributed by atoms with Crippen molar-refractivity contribution in [2.24, 2.45) is 5.92 Å². The Morgan fingerprint density at radius 2 is 1.82 bits per heavy atom. The maximum atomic E-state index is 12.7. The van der Waals surface area contributed by atoms with Crippen LogP contribution in [0.4, 0.5) is 19.1 Å².